The molecular weight excluding hydrogens is 268 g/mol. The van der Waals surface area contributed by atoms with Gasteiger partial charge in [0, 0.05) is 18.3 Å². The van der Waals surface area contributed by atoms with E-state index in [9.17, 15) is 14.7 Å². The normalized spacial score (nSPS) is 11.6. The topological polar surface area (TPSA) is 79.3 Å². The average Bonchev–Trinajstić information content (AvgIpc) is 2.48. The Balaban J connectivity index is 1.96. The smallest absolute Gasteiger partial charge is 0.326 e. The summed E-state index contributed by atoms with van der Waals surface area (Å²) in [5.74, 6) is -1.40. The van der Waals surface area contributed by atoms with Gasteiger partial charge in [0.2, 0.25) is 5.91 Å². The molecule has 0 unspecified atom stereocenters. The fourth-order valence-electron chi connectivity index (χ4n) is 1.96. The number of aromatic nitrogens is 1. The lowest BCUT2D eigenvalue weighted by Gasteiger charge is -2.14. The van der Waals surface area contributed by atoms with Gasteiger partial charge in [0.05, 0.1) is 6.42 Å². The van der Waals surface area contributed by atoms with E-state index in [4.69, 9.17) is 0 Å². The quantitative estimate of drug-likeness (QED) is 0.841. The Morgan fingerprint density at radius 2 is 1.81 bits per heavy atom. The van der Waals surface area contributed by atoms with Crippen LogP contribution in [0.3, 0.4) is 0 Å². The number of pyridine rings is 1. The van der Waals surface area contributed by atoms with Gasteiger partial charge in [-0.25, -0.2) is 4.79 Å². The van der Waals surface area contributed by atoms with Crippen molar-refractivity contribution in [3.63, 3.8) is 0 Å². The SMILES string of the molecule is O=C(Cc1ccccn1)N[C@H](Cc1ccccc1)C(=O)O. The lowest BCUT2D eigenvalue weighted by molar-refractivity contribution is -0.141. The van der Waals surface area contributed by atoms with Crippen molar-refractivity contribution in [2.24, 2.45) is 0 Å². The molecule has 1 atom stereocenters. The molecule has 21 heavy (non-hydrogen) atoms. The molecule has 2 aromatic rings. The molecule has 2 rings (SSSR count). The van der Waals surface area contributed by atoms with Gasteiger partial charge >= 0.3 is 5.97 Å². The highest BCUT2D eigenvalue weighted by Crippen LogP contribution is 2.04. The van der Waals surface area contributed by atoms with E-state index in [2.05, 4.69) is 10.3 Å². The molecule has 0 saturated carbocycles. The molecule has 1 amide bonds. The number of nitrogens with zero attached hydrogens (tertiary/aromatic N) is 1. The molecule has 5 nitrogen and oxygen atoms in total. The lowest BCUT2D eigenvalue weighted by atomic mass is 10.1. The predicted octanol–water partition coefficient (Wildman–Crippen LogP) is 1.44. The third kappa shape index (κ3) is 4.72. The van der Waals surface area contributed by atoms with Crippen LogP contribution in [0.15, 0.2) is 54.7 Å². The van der Waals surface area contributed by atoms with Gasteiger partial charge in [-0.3, -0.25) is 9.78 Å². The number of carboxylic acid groups (broad SMARTS) is 1. The van der Waals surface area contributed by atoms with Gasteiger partial charge in [-0.1, -0.05) is 36.4 Å². The van der Waals surface area contributed by atoms with E-state index in [1.165, 1.54) is 0 Å². The minimum absolute atomic E-state index is 0.0689. The van der Waals surface area contributed by atoms with Crippen LogP contribution in [0, 0.1) is 0 Å². The molecule has 2 N–H and O–H groups in total. The van der Waals surface area contributed by atoms with E-state index in [1.807, 2.05) is 30.3 Å². The van der Waals surface area contributed by atoms with Crippen molar-refractivity contribution < 1.29 is 14.7 Å². The van der Waals surface area contributed by atoms with Crippen LogP contribution in [0.5, 0.6) is 0 Å². The maximum absolute atomic E-state index is 11.9. The Kier molecular flexibility index (Phi) is 5.04. The molecule has 1 aromatic carbocycles. The summed E-state index contributed by atoms with van der Waals surface area (Å²) in [5, 5.41) is 11.8. The number of aliphatic carboxylic acids is 1. The number of benzene rings is 1. The van der Waals surface area contributed by atoms with E-state index in [0.717, 1.165) is 5.56 Å². The second kappa shape index (κ2) is 7.19. The van der Waals surface area contributed by atoms with Gasteiger partial charge in [0.25, 0.3) is 0 Å². The van der Waals surface area contributed by atoms with Crippen LogP contribution >= 0.6 is 0 Å². The third-order valence-corrected chi connectivity index (χ3v) is 2.98. The molecule has 0 saturated heterocycles. The molecule has 0 aliphatic heterocycles. The molecule has 0 spiro atoms. The molecule has 0 aliphatic rings. The van der Waals surface area contributed by atoms with Crippen molar-refractivity contribution in [2.75, 3.05) is 0 Å². The fraction of sp³-hybridized carbons (Fsp3) is 0.188. The zero-order valence-electron chi connectivity index (χ0n) is 11.4. The predicted molar refractivity (Wildman–Crippen MR) is 77.7 cm³/mol. The Hall–Kier alpha value is -2.69. The number of amides is 1. The minimum atomic E-state index is -1.05. The summed E-state index contributed by atoms with van der Waals surface area (Å²) in [5.41, 5.74) is 1.47. The van der Waals surface area contributed by atoms with Crippen LogP contribution in [0.4, 0.5) is 0 Å². The number of rotatable bonds is 6. The molecule has 0 aliphatic carbocycles. The van der Waals surface area contributed by atoms with E-state index in [-0.39, 0.29) is 18.7 Å². The van der Waals surface area contributed by atoms with Crippen LogP contribution < -0.4 is 5.32 Å². The number of carbonyl (C=O) groups excluding carboxylic acids is 1. The van der Waals surface area contributed by atoms with E-state index >= 15 is 0 Å². The maximum Gasteiger partial charge on any atom is 0.326 e. The molecule has 108 valence electrons. The first-order valence-electron chi connectivity index (χ1n) is 6.61. The van der Waals surface area contributed by atoms with Gasteiger partial charge in [-0.2, -0.15) is 0 Å². The van der Waals surface area contributed by atoms with Crippen molar-refractivity contribution in [3.05, 3.63) is 66.0 Å². The van der Waals surface area contributed by atoms with Crippen LogP contribution in [-0.4, -0.2) is 28.0 Å². The Morgan fingerprint density at radius 3 is 2.43 bits per heavy atom. The summed E-state index contributed by atoms with van der Waals surface area (Å²) in [4.78, 5) is 27.2. The first kappa shape index (κ1) is 14.7. The van der Waals surface area contributed by atoms with Crippen LogP contribution in [0.2, 0.25) is 0 Å². The van der Waals surface area contributed by atoms with Gasteiger partial charge in [-0.05, 0) is 17.7 Å². The summed E-state index contributed by atoms with van der Waals surface area (Å²) in [6, 6.07) is 13.5. The maximum atomic E-state index is 11.9. The van der Waals surface area contributed by atoms with Crippen LogP contribution in [0.25, 0.3) is 0 Å². The van der Waals surface area contributed by atoms with E-state index < -0.39 is 12.0 Å². The van der Waals surface area contributed by atoms with E-state index in [0.29, 0.717) is 5.69 Å². The molecule has 1 heterocycles. The monoisotopic (exact) mass is 284 g/mol. The summed E-state index contributed by atoms with van der Waals surface area (Å²) >= 11 is 0. The van der Waals surface area contributed by atoms with Gasteiger partial charge < -0.3 is 10.4 Å². The molecule has 0 bridgehead atoms. The molecule has 1 aromatic heterocycles. The minimum Gasteiger partial charge on any atom is -0.480 e. The highest BCUT2D eigenvalue weighted by atomic mass is 16.4. The number of hydrogen-bond acceptors (Lipinski definition) is 3. The van der Waals surface area contributed by atoms with Crippen molar-refractivity contribution >= 4 is 11.9 Å². The van der Waals surface area contributed by atoms with Crippen molar-refractivity contribution in [1.29, 1.82) is 0 Å². The molecule has 5 heteroatoms. The first-order chi connectivity index (χ1) is 10.1. The van der Waals surface area contributed by atoms with Crippen molar-refractivity contribution in [1.82, 2.24) is 10.3 Å². The van der Waals surface area contributed by atoms with Gasteiger partial charge in [0.15, 0.2) is 0 Å². The largest absolute Gasteiger partial charge is 0.480 e. The average molecular weight is 284 g/mol. The summed E-state index contributed by atoms with van der Waals surface area (Å²) < 4.78 is 0. The highest BCUT2D eigenvalue weighted by Gasteiger charge is 2.20. The second-order valence-electron chi connectivity index (χ2n) is 4.65. The highest BCUT2D eigenvalue weighted by molar-refractivity contribution is 5.84. The van der Waals surface area contributed by atoms with Crippen molar-refractivity contribution in [2.45, 2.75) is 18.9 Å². The van der Waals surface area contributed by atoms with Crippen molar-refractivity contribution in [3.8, 4) is 0 Å². The number of nitrogens with one attached hydrogen (secondary N) is 1. The zero-order chi connectivity index (χ0) is 15.1. The summed E-state index contributed by atoms with van der Waals surface area (Å²) in [6.07, 6.45) is 1.92. The second-order valence-corrected chi connectivity index (χ2v) is 4.65. The number of carboxylic acids is 1. The Bertz CT molecular complexity index is 599. The fourth-order valence-corrected chi connectivity index (χ4v) is 1.96. The lowest BCUT2D eigenvalue weighted by Crippen LogP contribution is -2.43. The summed E-state index contributed by atoms with van der Waals surface area (Å²) in [7, 11) is 0. The standard InChI is InChI=1S/C16H16N2O3/c19-15(11-13-8-4-5-9-17-13)18-14(16(20)21)10-12-6-2-1-3-7-12/h1-9,14H,10-11H2,(H,18,19)(H,20,21)/t14-/m1/s1. The Morgan fingerprint density at radius 1 is 1.10 bits per heavy atom. The van der Waals surface area contributed by atoms with Gasteiger partial charge in [0.1, 0.15) is 6.04 Å². The molecular formula is C16H16N2O3. The third-order valence-electron chi connectivity index (χ3n) is 2.98. The summed E-state index contributed by atoms with van der Waals surface area (Å²) in [6.45, 7) is 0. The van der Waals surface area contributed by atoms with Crippen LogP contribution in [0.1, 0.15) is 11.3 Å². The number of carbonyl (C=O) groups is 2. The molecule has 0 radical (unpaired) electrons. The number of hydrogen-bond donors (Lipinski definition) is 2. The Labute approximate surface area is 122 Å². The van der Waals surface area contributed by atoms with Crippen LogP contribution in [-0.2, 0) is 22.4 Å². The molecule has 0 fully saturated rings. The first-order valence-corrected chi connectivity index (χ1v) is 6.61. The van der Waals surface area contributed by atoms with Gasteiger partial charge in [-0.15, -0.1) is 0 Å². The van der Waals surface area contributed by atoms with E-state index in [1.54, 1.807) is 24.4 Å². The zero-order valence-corrected chi connectivity index (χ0v) is 11.4.